The zero-order valence-corrected chi connectivity index (χ0v) is 27.6. The lowest BCUT2D eigenvalue weighted by molar-refractivity contribution is -0.142. The molecule has 4 heterocycles. The first kappa shape index (κ1) is 32.5. The Morgan fingerprint density at radius 1 is 0.957 bits per heavy atom. The van der Waals surface area contributed by atoms with Crippen LogP contribution in [0.4, 0.5) is 0 Å². The number of nitrogens with one attached hydrogen (secondary N) is 3. The fourth-order valence-electron chi connectivity index (χ4n) is 8.57. The molecule has 1 aliphatic carbocycles. The Bertz CT molecular complexity index is 1430. The Morgan fingerprint density at radius 3 is 2.50 bits per heavy atom. The largest absolute Gasteiger partial charge is 0.368 e. The summed E-state index contributed by atoms with van der Waals surface area (Å²) in [6.07, 6.45) is 11.3. The highest BCUT2D eigenvalue weighted by atomic mass is 16.2. The molecular weight excluding hydrogens is 580 g/mol. The molecule has 4 amide bonds. The number of carbonyl (C=O) groups excluding carboxylic acids is 4. The van der Waals surface area contributed by atoms with E-state index in [4.69, 9.17) is 5.73 Å². The molecule has 4 aliphatic rings. The number of piperidine rings is 1. The highest BCUT2D eigenvalue weighted by molar-refractivity contribution is 5.94. The minimum Gasteiger partial charge on any atom is -0.368 e. The smallest absolute Gasteiger partial charge is 0.246 e. The summed E-state index contributed by atoms with van der Waals surface area (Å²) in [5.74, 6) is -1.02. The summed E-state index contributed by atoms with van der Waals surface area (Å²) in [6.45, 7) is 5.81. The first-order chi connectivity index (χ1) is 22.2. The molecule has 0 radical (unpaired) electrons. The Balaban J connectivity index is 1.13. The molecule has 0 bridgehead atoms. The van der Waals surface area contributed by atoms with Crippen molar-refractivity contribution in [1.29, 1.82) is 0 Å². The van der Waals surface area contributed by atoms with E-state index in [2.05, 4.69) is 44.8 Å². The molecule has 5 atom stereocenters. The van der Waals surface area contributed by atoms with Gasteiger partial charge in [-0.1, -0.05) is 64.2 Å². The van der Waals surface area contributed by atoms with Crippen LogP contribution in [0.2, 0.25) is 0 Å². The zero-order chi connectivity index (χ0) is 32.4. The number of hydrogen-bond acceptors (Lipinski definition) is 5. The number of primary amides is 1. The Morgan fingerprint density at radius 2 is 1.74 bits per heavy atom. The van der Waals surface area contributed by atoms with Crippen LogP contribution in [-0.4, -0.2) is 76.2 Å². The van der Waals surface area contributed by atoms with Gasteiger partial charge in [-0.3, -0.25) is 24.1 Å². The van der Waals surface area contributed by atoms with Gasteiger partial charge in [-0.05, 0) is 68.4 Å². The van der Waals surface area contributed by atoms with E-state index in [1.54, 1.807) is 0 Å². The molecular formula is C36H52N6O4. The number of H-pyrrole nitrogens is 1. The molecule has 10 nitrogen and oxygen atoms in total. The predicted molar refractivity (Wildman–Crippen MR) is 177 cm³/mol. The maximum absolute atomic E-state index is 13.9. The third-order valence-electron chi connectivity index (χ3n) is 11.2. The van der Waals surface area contributed by atoms with Gasteiger partial charge in [-0.2, -0.15) is 0 Å². The maximum atomic E-state index is 13.9. The number of benzene rings is 1. The van der Waals surface area contributed by atoms with E-state index in [0.29, 0.717) is 38.3 Å². The summed E-state index contributed by atoms with van der Waals surface area (Å²) in [6, 6.07) is 6.60. The molecule has 3 aliphatic heterocycles. The second-order valence-electron chi connectivity index (χ2n) is 14.6. The second kappa shape index (κ2) is 14.2. The average molecular weight is 633 g/mol. The normalized spacial score (nSPS) is 25.1. The maximum Gasteiger partial charge on any atom is 0.246 e. The van der Waals surface area contributed by atoms with Crippen LogP contribution in [0.5, 0.6) is 0 Å². The summed E-state index contributed by atoms with van der Waals surface area (Å²) in [5, 5.41) is 7.47. The van der Waals surface area contributed by atoms with E-state index in [1.807, 2.05) is 13.8 Å². The first-order valence-corrected chi connectivity index (χ1v) is 17.7. The van der Waals surface area contributed by atoms with Gasteiger partial charge in [0.15, 0.2) is 0 Å². The Kier molecular flexibility index (Phi) is 10.0. The summed E-state index contributed by atoms with van der Waals surface area (Å²) < 4.78 is 0. The van der Waals surface area contributed by atoms with E-state index in [9.17, 15) is 19.2 Å². The van der Waals surface area contributed by atoms with Crippen LogP contribution in [0.3, 0.4) is 0 Å². The van der Waals surface area contributed by atoms with Crippen LogP contribution in [0.25, 0.3) is 10.9 Å². The first-order valence-electron chi connectivity index (χ1n) is 17.7. The van der Waals surface area contributed by atoms with Gasteiger partial charge in [0.2, 0.25) is 23.6 Å². The number of nitrogens with two attached hydrogens (primary N) is 1. The van der Waals surface area contributed by atoms with Crippen molar-refractivity contribution in [2.24, 2.45) is 23.5 Å². The number of rotatable bonds is 10. The van der Waals surface area contributed by atoms with Gasteiger partial charge in [-0.25, -0.2) is 0 Å². The number of fused-ring (bicyclic) bond motifs is 5. The molecule has 1 aromatic carbocycles. The zero-order valence-electron chi connectivity index (χ0n) is 27.6. The summed E-state index contributed by atoms with van der Waals surface area (Å²) in [4.78, 5) is 61.1. The van der Waals surface area contributed by atoms with Crippen LogP contribution in [0, 0.1) is 17.8 Å². The van der Waals surface area contributed by atoms with Gasteiger partial charge in [0, 0.05) is 36.2 Å². The van der Waals surface area contributed by atoms with E-state index in [0.717, 1.165) is 45.1 Å². The summed E-state index contributed by atoms with van der Waals surface area (Å²) in [7, 11) is 0. The van der Waals surface area contributed by atoms with E-state index >= 15 is 0 Å². The predicted octanol–water partition coefficient (Wildman–Crippen LogP) is 3.94. The lowest BCUT2D eigenvalue weighted by atomic mass is 9.84. The molecule has 10 heteroatoms. The summed E-state index contributed by atoms with van der Waals surface area (Å²) >= 11 is 0. The molecule has 1 aromatic heterocycles. The van der Waals surface area contributed by atoms with Gasteiger partial charge < -0.3 is 26.3 Å². The van der Waals surface area contributed by atoms with Crippen molar-refractivity contribution in [3.05, 3.63) is 35.5 Å². The van der Waals surface area contributed by atoms with E-state index < -0.39 is 24.0 Å². The second-order valence-corrected chi connectivity index (χ2v) is 14.6. The molecule has 0 spiro atoms. The van der Waals surface area contributed by atoms with Gasteiger partial charge >= 0.3 is 0 Å². The number of nitrogens with zero attached hydrogens (tertiary/aromatic N) is 2. The molecule has 0 unspecified atom stereocenters. The minimum atomic E-state index is -0.796. The molecule has 46 heavy (non-hydrogen) atoms. The molecule has 2 saturated heterocycles. The number of aromatic amines is 1. The van der Waals surface area contributed by atoms with Crippen molar-refractivity contribution in [3.8, 4) is 0 Å². The van der Waals surface area contributed by atoms with Crippen LogP contribution in [0.15, 0.2) is 24.3 Å². The van der Waals surface area contributed by atoms with Crippen LogP contribution in [0.1, 0.15) is 102 Å². The lowest BCUT2D eigenvalue weighted by Gasteiger charge is -2.42. The lowest BCUT2D eigenvalue weighted by Crippen LogP contribution is -2.58. The van der Waals surface area contributed by atoms with Gasteiger partial charge in [0.1, 0.15) is 18.1 Å². The standard InChI is InChI=1S/C36H52N6O4/c1-22(2)31(36(46)42-19-8-13-30(42)33(37)43)40-35(45)28(16-14-23-9-4-3-5-10-23)39-34(44)24-15-17-29-32-26(18-20-41(29)21-24)25-11-6-7-12-27(25)38-32/h6-7,11-12,22-24,28-31,38H,3-5,8-10,13-21H2,1-2H3,(H2,37,43)(H,39,44)(H,40,45)/t24-,28-,29-,30-,31-/m0/s1. The van der Waals surface area contributed by atoms with Crippen molar-refractivity contribution in [2.75, 3.05) is 19.6 Å². The third kappa shape index (κ3) is 6.82. The topological polar surface area (TPSA) is 141 Å². The molecule has 3 fully saturated rings. The van der Waals surface area contributed by atoms with Crippen molar-refractivity contribution in [2.45, 2.75) is 115 Å². The number of aromatic nitrogens is 1. The number of likely N-dealkylation sites (tertiary alicyclic amines) is 1. The minimum absolute atomic E-state index is 0.0783. The average Bonchev–Trinajstić information content (AvgIpc) is 3.71. The van der Waals surface area contributed by atoms with Crippen molar-refractivity contribution in [1.82, 2.24) is 25.4 Å². The van der Waals surface area contributed by atoms with Crippen LogP contribution >= 0.6 is 0 Å². The number of amides is 4. The molecule has 5 N–H and O–H groups in total. The Hall–Kier alpha value is -3.40. The van der Waals surface area contributed by atoms with E-state index in [1.165, 1.54) is 46.3 Å². The molecule has 2 aromatic rings. The highest BCUT2D eigenvalue weighted by Crippen LogP contribution is 2.40. The fourth-order valence-corrected chi connectivity index (χ4v) is 8.57. The van der Waals surface area contributed by atoms with Crippen molar-refractivity contribution in [3.63, 3.8) is 0 Å². The number of carbonyl (C=O) groups is 4. The summed E-state index contributed by atoms with van der Waals surface area (Å²) in [5.41, 5.74) is 9.47. The number of hydrogen-bond donors (Lipinski definition) is 4. The third-order valence-corrected chi connectivity index (χ3v) is 11.2. The Labute approximate surface area is 272 Å². The quantitative estimate of drug-likeness (QED) is 0.314. The fraction of sp³-hybridized carbons (Fsp3) is 0.667. The van der Waals surface area contributed by atoms with Crippen LogP contribution < -0.4 is 16.4 Å². The van der Waals surface area contributed by atoms with Crippen molar-refractivity contribution < 1.29 is 19.2 Å². The SMILES string of the molecule is CC(C)[C@H](NC(=O)[C@H](CCC1CCCCC1)NC(=O)[C@H]1CC[C@H]2c3[nH]c4ccccc4c3CCN2C1)C(=O)N1CCC[C@H]1C(N)=O. The van der Waals surface area contributed by atoms with Gasteiger partial charge in [0.05, 0.1) is 12.0 Å². The molecule has 6 rings (SSSR count). The van der Waals surface area contributed by atoms with Crippen molar-refractivity contribution >= 4 is 34.5 Å². The van der Waals surface area contributed by atoms with Gasteiger partial charge in [0.25, 0.3) is 0 Å². The van der Waals surface area contributed by atoms with Crippen LogP contribution in [-0.2, 0) is 25.6 Å². The number of para-hydroxylation sites is 1. The van der Waals surface area contributed by atoms with Gasteiger partial charge in [-0.15, -0.1) is 0 Å². The highest BCUT2D eigenvalue weighted by Gasteiger charge is 2.40. The molecule has 250 valence electrons. The molecule has 1 saturated carbocycles. The monoisotopic (exact) mass is 632 g/mol. The van der Waals surface area contributed by atoms with E-state index in [-0.39, 0.29) is 35.6 Å².